The molecular weight excluding hydrogens is 260 g/mol. The van der Waals surface area contributed by atoms with Gasteiger partial charge >= 0.3 is 0 Å². The topological polar surface area (TPSA) is 74.4 Å². The SMILES string of the molecule is COn1c(=O)c2cc([N+](=O)[O-])ccc2c2ccccc21. The van der Waals surface area contributed by atoms with E-state index in [4.69, 9.17) is 4.84 Å². The molecule has 0 aliphatic heterocycles. The Hall–Kier alpha value is -2.89. The fraction of sp³-hybridized carbons (Fsp3) is 0.0714. The van der Waals surface area contributed by atoms with Crippen molar-refractivity contribution in [1.82, 2.24) is 4.73 Å². The Morgan fingerprint density at radius 1 is 1.10 bits per heavy atom. The van der Waals surface area contributed by atoms with Crippen LogP contribution in [-0.4, -0.2) is 16.8 Å². The van der Waals surface area contributed by atoms with Gasteiger partial charge in [0.1, 0.15) is 7.11 Å². The Morgan fingerprint density at radius 3 is 2.55 bits per heavy atom. The molecule has 0 unspecified atom stereocenters. The maximum Gasteiger partial charge on any atom is 0.291 e. The number of fused-ring (bicyclic) bond motifs is 3. The van der Waals surface area contributed by atoms with Gasteiger partial charge in [-0.05, 0) is 17.5 Å². The van der Waals surface area contributed by atoms with Gasteiger partial charge < -0.3 is 4.84 Å². The summed E-state index contributed by atoms with van der Waals surface area (Å²) in [7, 11) is 1.39. The second kappa shape index (κ2) is 4.34. The molecule has 0 saturated carbocycles. The monoisotopic (exact) mass is 270 g/mol. The summed E-state index contributed by atoms with van der Waals surface area (Å²) in [4.78, 5) is 27.8. The molecule has 0 aliphatic rings. The minimum absolute atomic E-state index is 0.118. The molecule has 0 amide bonds. The third-order valence-electron chi connectivity index (χ3n) is 3.22. The number of para-hydroxylation sites is 1. The van der Waals surface area contributed by atoms with E-state index in [0.717, 1.165) is 10.1 Å². The lowest BCUT2D eigenvalue weighted by Gasteiger charge is -2.10. The van der Waals surface area contributed by atoms with E-state index in [0.29, 0.717) is 10.9 Å². The number of non-ortho nitro benzene ring substituents is 1. The molecule has 2 aromatic carbocycles. The van der Waals surface area contributed by atoms with E-state index in [9.17, 15) is 14.9 Å². The lowest BCUT2D eigenvalue weighted by molar-refractivity contribution is -0.384. The van der Waals surface area contributed by atoms with Gasteiger partial charge in [-0.1, -0.05) is 18.2 Å². The average Bonchev–Trinajstić information content (AvgIpc) is 2.47. The molecule has 0 fully saturated rings. The van der Waals surface area contributed by atoms with Crippen LogP contribution in [0.4, 0.5) is 5.69 Å². The molecule has 0 N–H and O–H groups in total. The summed E-state index contributed by atoms with van der Waals surface area (Å²) in [6.07, 6.45) is 0. The van der Waals surface area contributed by atoms with Gasteiger partial charge in [-0.15, -0.1) is 4.73 Å². The van der Waals surface area contributed by atoms with Crippen LogP contribution < -0.4 is 10.4 Å². The summed E-state index contributed by atoms with van der Waals surface area (Å²) in [5.74, 6) is 0. The largest absolute Gasteiger partial charge is 0.413 e. The molecule has 0 bridgehead atoms. The van der Waals surface area contributed by atoms with Crippen molar-refractivity contribution >= 4 is 27.4 Å². The number of pyridine rings is 1. The first-order valence-corrected chi connectivity index (χ1v) is 5.90. The normalized spacial score (nSPS) is 10.8. The second-order valence-corrected chi connectivity index (χ2v) is 4.29. The standard InChI is InChI=1S/C14H10N2O4/c1-20-15-13-5-3-2-4-11(13)10-7-6-9(16(18)19)8-12(10)14(15)17/h2-8H,1H3. The number of nitro groups is 1. The van der Waals surface area contributed by atoms with E-state index in [2.05, 4.69) is 0 Å². The molecule has 1 aromatic heterocycles. The molecule has 20 heavy (non-hydrogen) atoms. The van der Waals surface area contributed by atoms with Crippen LogP contribution in [0.15, 0.2) is 47.3 Å². The molecular formula is C14H10N2O4. The zero-order valence-corrected chi connectivity index (χ0v) is 10.6. The highest BCUT2D eigenvalue weighted by atomic mass is 16.6. The van der Waals surface area contributed by atoms with E-state index in [1.165, 1.54) is 19.2 Å². The Labute approximate surface area is 112 Å². The quantitative estimate of drug-likeness (QED) is 0.406. The van der Waals surface area contributed by atoms with Crippen LogP contribution in [-0.2, 0) is 0 Å². The van der Waals surface area contributed by atoms with Crippen molar-refractivity contribution in [2.75, 3.05) is 7.11 Å². The van der Waals surface area contributed by atoms with Crippen LogP contribution in [0.2, 0.25) is 0 Å². The van der Waals surface area contributed by atoms with E-state index in [1.807, 2.05) is 12.1 Å². The molecule has 0 aliphatic carbocycles. The molecule has 3 aromatic rings. The summed E-state index contributed by atoms with van der Waals surface area (Å²) in [6, 6.07) is 11.5. The van der Waals surface area contributed by atoms with Gasteiger partial charge in [-0.3, -0.25) is 14.9 Å². The van der Waals surface area contributed by atoms with Crippen LogP contribution >= 0.6 is 0 Å². The van der Waals surface area contributed by atoms with Gasteiger partial charge in [0.05, 0.1) is 15.8 Å². The Balaban J connectivity index is 2.56. The van der Waals surface area contributed by atoms with Crippen LogP contribution in [0.1, 0.15) is 0 Å². The summed E-state index contributed by atoms with van der Waals surface area (Å²) in [6.45, 7) is 0. The summed E-state index contributed by atoms with van der Waals surface area (Å²) >= 11 is 0. The fourth-order valence-electron chi connectivity index (χ4n) is 2.34. The summed E-state index contributed by atoms with van der Waals surface area (Å²) < 4.78 is 1.14. The van der Waals surface area contributed by atoms with Crippen LogP contribution in [0.5, 0.6) is 0 Å². The lowest BCUT2D eigenvalue weighted by Crippen LogP contribution is -2.25. The minimum Gasteiger partial charge on any atom is -0.413 e. The van der Waals surface area contributed by atoms with E-state index < -0.39 is 10.5 Å². The smallest absolute Gasteiger partial charge is 0.291 e. The highest BCUT2D eigenvalue weighted by Crippen LogP contribution is 2.25. The van der Waals surface area contributed by atoms with Crippen LogP contribution in [0.3, 0.4) is 0 Å². The molecule has 3 rings (SSSR count). The molecule has 0 spiro atoms. The van der Waals surface area contributed by atoms with Gasteiger partial charge in [0.15, 0.2) is 0 Å². The fourth-order valence-corrected chi connectivity index (χ4v) is 2.34. The van der Waals surface area contributed by atoms with Crippen molar-refractivity contribution in [3.63, 3.8) is 0 Å². The van der Waals surface area contributed by atoms with Gasteiger partial charge in [-0.2, -0.15) is 0 Å². The molecule has 100 valence electrons. The van der Waals surface area contributed by atoms with Crippen molar-refractivity contribution in [3.8, 4) is 0 Å². The second-order valence-electron chi connectivity index (χ2n) is 4.29. The van der Waals surface area contributed by atoms with Crippen molar-refractivity contribution in [1.29, 1.82) is 0 Å². The maximum absolute atomic E-state index is 12.4. The van der Waals surface area contributed by atoms with Crippen molar-refractivity contribution < 1.29 is 9.76 Å². The third-order valence-corrected chi connectivity index (χ3v) is 3.22. The van der Waals surface area contributed by atoms with Crippen molar-refractivity contribution in [3.05, 3.63) is 62.9 Å². The predicted molar refractivity (Wildman–Crippen MR) is 74.9 cm³/mol. The first kappa shape index (κ1) is 12.2. The highest BCUT2D eigenvalue weighted by Gasteiger charge is 2.14. The number of aromatic nitrogens is 1. The predicted octanol–water partition coefficient (Wildman–Crippen LogP) is 2.12. The first-order chi connectivity index (χ1) is 9.63. The average molecular weight is 270 g/mol. The third kappa shape index (κ3) is 1.62. The van der Waals surface area contributed by atoms with E-state index in [1.54, 1.807) is 18.2 Å². The Morgan fingerprint density at radius 2 is 1.85 bits per heavy atom. The summed E-state index contributed by atoms with van der Waals surface area (Å²) in [5, 5.41) is 12.6. The number of nitro benzene ring substituents is 1. The van der Waals surface area contributed by atoms with Gasteiger partial charge in [-0.25, -0.2) is 0 Å². The Bertz CT molecular complexity index is 899. The molecule has 0 saturated heterocycles. The van der Waals surface area contributed by atoms with Crippen LogP contribution in [0, 0.1) is 10.1 Å². The number of rotatable bonds is 2. The number of hydrogen-bond acceptors (Lipinski definition) is 4. The maximum atomic E-state index is 12.4. The molecule has 0 atom stereocenters. The molecule has 0 radical (unpaired) electrons. The molecule has 1 heterocycles. The zero-order valence-electron chi connectivity index (χ0n) is 10.6. The zero-order chi connectivity index (χ0) is 14.3. The number of nitrogens with zero attached hydrogens (tertiary/aromatic N) is 2. The van der Waals surface area contributed by atoms with E-state index >= 15 is 0 Å². The summed E-state index contributed by atoms with van der Waals surface area (Å²) in [5.41, 5.74) is 0.0961. The number of benzene rings is 2. The van der Waals surface area contributed by atoms with Crippen molar-refractivity contribution in [2.45, 2.75) is 0 Å². The molecule has 6 heteroatoms. The van der Waals surface area contributed by atoms with Gasteiger partial charge in [0.25, 0.3) is 11.2 Å². The molecule has 6 nitrogen and oxygen atoms in total. The Kier molecular flexibility index (Phi) is 2.64. The van der Waals surface area contributed by atoms with E-state index in [-0.39, 0.29) is 11.1 Å². The lowest BCUT2D eigenvalue weighted by atomic mass is 10.1. The van der Waals surface area contributed by atoms with Crippen molar-refractivity contribution in [2.24, 2.45) is 0 Å². The van der Waals surface area contributed by atoms with Crippen LogP contribution in [0.25, 0.3) is 21.7 Å². The highest BCUT2D eigenvalue weighted by molar-refractivity contribution is 6.06. The van der Waals surface area contributed by atoms with Gasteiger partial charge in [0.2, 0.25) is 0 Å². The first-order valence-electron chi connectivity index (χ1n) is 5.90. The number of hydrogen-bond donors (Lipinski definition) is 0. The van der Waals surface area contributed by atoms with Gasteiger partial charge in [0, 0.05) is 17.5 Å². The minimum atomic E-state index is -0.523.